The molecule has 3 aromatic heterocycles. The summed E-state index contributed by atoms with van der Waals surface area (Å²) in [7, 11) is 2.04. The van der Waals surface area contributed by atoms with E-state index in [9.17, 15) is 4.79 Å². The molecule has 1 aliphatic heterocycles. The molecule has 5 aromatic rings. The highest BCUT2D eigenvalue weighted by atomic mass is 19.1. The second-order valence-electron chi connectivity index (χ2n) is 9.11. The summed E-state index contributed by atoms with van der Waals surface area (Å²) < 4.78 is 17.2. The van der Waals surface area contributed by atoms with Gasteiger partial charge in [0.2, 0.25) is 0 Å². The lowest BCUT2D eigenvalue weighted by Gasteiger charge is -2.32. The lowest BCUT2D eigenvalue weighted by molar-refractivity contribution is 0.0663. The number of nitrogens with one attached hydrogen (secondary N) is 1. The maximum absolute atomic E-state index is 15.3. The van der Waals surface area contributed by atoms with Crippen molar-refractivity contribution in [3.8, 4) is 11.1 Å². The van der Waals surface area contributed by atoms with E-state index in [1.807, 2.05) is 60.2 Å². The molecular formula is C28H25FN6O. The van der Waals surface area contributed by atoms with Gasteiger partial charge in [0.25, 0.3) is 5.91 Å². The van der Waals surface area contributed by atoms with E-state index in [0.717, 1.165) is 46.6 Å². The number of carbonyl (C=O) groups excluding carboxylic acids is 1. The lowest BCUT2D eigenvalue weighted by atomic mass is 10.00. The summed E-state index contributed by atoms with van der Waals surface area (Å²) in [6.07, 6.45) is 7.34. The van der Waals surface area contributed by atoms with Gasteiger partial charge in [0.1, 0.15) is 11.5 Å². The maximum Gasteiger partial charge on any atom is 0.254 e. The zero-order chi connectivity index (χ0) is 24.6. The highest BCUT2D eigenvalue weighted by Gasteiger charge is 2.21. The van der Waals surface area contributed by atoms with Gasteiger partial charge in [-0.2, -0.15) is 0 Å². The highest BCUT2D eigenvalue weighted by Crippen LogP contribution is 2.31. The van der Waals surface area contributed by atoms with Gasteiger partial charge in [-0.25, -0.2) is 9.37 Å². The van der Waals surface area contributed by atoms with Crippen LogP contribution in [-0.4, -0.2) is 63.3 Å². The van der Waals surface area contributed by atoms with Crippen molar-refractivity contribution in [2.75, 3.05) is 38.5 Å². The van der Waals surface area contributed by atoms with Crippen LogP contribution >= 0.6 is 0 Å². The molecule has 1 saturated heterocycles. The molecule has 1 N–H and O–H groups in total. The van der Waals surface area contributed by atoms with Gasteiger partial charge < -0.3 is 19.5 Å². The van der Waals surface area contributed by atoms with Crippen LogP contribution in [-0.2, 0) is 0 Å². The second kappa shape index (κ2) is 9.05. The topological polar surface area (TPSA) is 65.8 Å². The molecule has 1 amide bonds. The summed E-state index contributed by atoms with van der Waals surface area (Å²) in [4.78, 5) is 25.7. The summed E-state index contributed by atoms with van der Waals surface area (Å²) in [5, 5.41) is 4.32. The number of imidazole rings is 1. The van der Waals surface area contributed by atoms with Gasteiger partial charge in [-0.15, -0.1) is 0 Å². The van der Waals surface area contributed by atoms with E-state index in [1.54, 1.807) is 29.4 Å². The summed E-state index contributed by atoms with van der Waals surface area (Å²) >= 11 is 0. The Balaban J connectivity index is 1.31. The molecule has 0 unspecified atom stereocenters. The van der Waals surface area contributed by atoms with Gasteiger partial charge in [0.05, 0.1) is 5.52 Å². The molecule has 1 fully saturated rings. The number of carbonyl (C=O) groups is 1. The third-order valence-corrected chi connectivity index (χ3v) is 6.74. The number of pyridine rings is 2. The molecule has 36 heavy (non-hydrogen) atoms. The number of piperazine rings is 1. The van der Waals surface area contributed by atoms with Crippen molar-refractivity contribution in [2.24, 2.45) is 0 Å². The molecule has 7 nitrogen and oxygen atoms in total. The van der Waals surface area contributed by atoms with Gasteiger partial charge >= 0.3 is 0 Å². The fraction of sp³-hybridized carbons (Fsp3) is 0.179. The predicted molar refractivity (Wildman–Crippen MR) is 139 cm³/mol. The highest BCUT2D eigenvalue weighted by molar-refractivity contribution is 5.97. The molecule has 0 atom stereocenters. The molecule has 4 heterocycles. The fourth-order valence-electron chi connectivity index (χ4n) is 4.64. The van der Waals surface area contributed by atoms with Crippen molar-refractivity contribution in [3.05, 3.63) is 90.8 Å². The quantitative estimate of drug-likeness (QED) is 0.400. The van der Waals surface area contributed by atoms with E-state index < -0.39 is 5.82 Å². The Bertz CT molecular complexity index is 1590. The standard InChI is InChI=1S/C28H25FN6O/c1-33-12-14-35(15-13-33)28(36)20-2-4-22(24(29)17-20)19-3-5-25-23(16-19)26(6-8-30-25)32-21-7-10-34-11-9-31-27(34)18-21/h2-11,16-18H,12-15H2,1H3,(H,30,32). The molecule has 180 valence electrons. The molecular weight excluding hydrogens is 455 g/mol. The number of halogens is 1. The molecule has 6 rings (SSSR count). The Morgan fingerprint density at radius 1 is 0.917 bits per heavy atom. The molecule has 8 heteroatoms. The zero-order valence-electron chi connectivity index (χ0n) is 19.9. The molecule has 2 aromatic carbocycles. The van der Waals surface area contributed by atoms with Crippen molar-refractivity contribution in [1.29, 1.82) is 0 Å². The number of rotatable bonds is 4. The number of anilines is 2. The average Bonchev–Trinajstić information content (AvgIpc) is 3.37. The predicted octanol–water partition coefficient (Wildman–Crippen LogP) is 4.82. The first kappa shape index (κ1) is 22.2. The first-order chi connectivity index (χ1) is 17.5. The van der Waals surface area contributed by atoms with E-state index in [4.69, 9.17) is 0 Å². The summed E-state index contributed by atoms with van der Waals surface area (Å²) in [5.74, 6) is -0.547. The normalized spacial score (nSPS) is 14.4. The van der Waals surface area contributed by atoms with Crippen LogP contribution in [0.4, 0.5) is 15.8 Å². The number of likely N-dealkylation sites (N-methyl/N-ethyl adjacent to an activating group) is 1. The van der Waals surface area contributed by atoms with E-state index in [1.165, 1.54) is 6.07 Å². The third-order valence-electron chi connectivity index (χ3n) is 6.74. The van der Waals surface area contributed by atoms with Crippen LogP contribution in [0.15, 0.2) is 79.4 Å². The number of aromatic nitrogens is 3. The monoisotopic (exact) mass is 480 g/mol. The molecule has 0 radical (unpaired) electrons. The Morgan fingerprint density at radius 2 is 1.78 bits per heavy atom. The van der Waals surface area contributed by atoms with Crippen LogP contribution in [0.25, 0.3) is 27.7 Å². The number of fused-ring (bicyclic) bond motifs is 2. The van der Waals surface area contributed by atoms with Gasteiger partial charge in [0, 0.05) is 84.9 Å². The Kier molecular flexibility index (Phi) is 5.58. The van der Waals surface area contributed by atoms with Gasteiger partial charge in [-0.05, 0) is 49.0 Å². The minimum Gasteiger partial charge on any atom is -0.355 e. The number of nitrogens with zero attached hydrogens (tertiary/aromatic N) is 5. The first-order valence-electron chi connectivity index (χ1n) is 11.9. The van der Waals surface area contributed by atoms with Crippen LogP contribution in [0.5, 0.6) is 0 Å². The van der Waals surface area contributed by atoms with Gasteiger partial charge in [-0.3, -0.25) is 9.78 Å². The van der Waals surface area contributed by atoms with Crippen LogP contribution in [0, 0.1) is 5.82 Å². The van der Waals surface area contributed by atoms with Crippen molar-refractivity contribution in [3.63, 3.8) is 0 Å². The Labute approximate surface area is 207 Å². The van der Waals surface area contributed by atoms with Gasteiger partial charge in [-0.1, -0.05) is 12.1 Å². The number of hydrogen-bond donors (Lipinski definition) is 1. The SMILES string of the molecule is CN1CCN(C(=O)c2ccc(-c3ccc4nccc(Nc5ccn6ccnc6c5)c4c3)c(F)c2)CC1. The minimum atomic E-state index is -0.419. The van der Waals surface area contributed by atoms with E-state index in [2.05, 4.69) is 20.2 Å². The average molecular weight is 481 g/mol. The van der Waals surface area contributed by atoms with Crippen LogP contribution in [0.3, 0.4) is 0 Å². The third kappa shape index (κ3) is 4.16. The largest absolute Gasteiger partial charge is 0.355 e. The molecule has 1 aliphatic rings. The van der Waals surface area contributed by atoms with Crippen molar-refractivity contribution < 1.29 is 9.18 Å². The zero-order valence-corrected chi connectivity index (χ0v) is 19.9. The smallest absolute Gasteiger partial charge is 0.254 e. The van der Waals surface area contributed by atoms with Crippen molar-refractivity contribution in [1.82, 2.24) is 24.2 Å². The van der Waals surface area contributed by atoms with Crippen LogP contribution in [0.1, 0.15) is 10.4 Å². The second-order valence-corrected chi connectivity index (χ2v) is 9.11. The Morgan fingerprint density at radius 3 is 2.61 bits per heavy atom. The maximum atomic E-state index is 15.3. The van der Waals surface area contributed by atoms with Gasteiger partial charge in [0.15, 0.2) is 0 Å². The molecule has 0 spiro atoms. The molecule has 0 bridgehead atoms. The van der Waals surface area contributed by atoms with E-state index >= 15 is 4.39 Å². The minimum absolute atomic E-state index is 0.128. The van der Waals surface area contributed by atoms with E-state index in [-0.39, 0.29) is 5.91 Å². The van der Waals surface area contributed by atoms with E-state index in [0.29, 0.717) is 24.2 Å². The number of amides is 1. The summed E-state index contributed by atoms with van der Waals surface area (Å²) in [5.41, 5.74) is 4.93. The first-order valence-corrected chi connectivity index (χ1v) is 11.9. The summed E-state index contributed by atoms with van der Waals surface area (Å²) in [6, 6.07) is 16.3. The fourth-order valence-corrected chi connectivity index (χ4v) is 4.64. The molecule has 0 aliphatic carbocycles. The van der Waals surface area contributed by atoms with Crippen LogP contribution < -0.4 is 5.32 Å². The lowest BCUT2D eigenvalue weighted by Crippen LogP contribution is -2.47. The number of benzene rings is 2. The number of hydrogen-bond acceptors (Lipinski definition) is 5. The van der Waals surface area contributed by atoms with Crippen LogP contribution in [0.2, 0.25) is 0 Å². The molecule has 0 saturated carbocycles. The Hall–Kier alpha value is -4.30. The van der Waals surface area contributed by atoms with Crippen molar-refractivity contribution in [2.45, 2.75) is 0 Å². The summed E-state index contributed by atoms with van der Waals surface area (Å²) in [6.45, 7) is 2.95. The van der Waals surface area contributed by atoms with Crippen molar-refractivity contribution >= 4 is 33.8 Å².